The number of hydrogen-bond donors (Lipinski definition) is 2. The Hall–Kier alpha value is -0.650. The molecule has 0 unspecified atom stereocenters. The van der Waals surface area contributed by atoms with E-state index >= 15 is 0 Å². The lowest BCUT2D eigenvalue weighted by Crippen LogP contribution is -2.34. The molecule has 3 nitrogen and oxygen atoms in total. The number of fused-ring (bicyclic) bond motifs is 1. The molecule has 1 aromatic rings. The van der Waals surface area contributed by atoms with Crippen LogP contribution >= 0.6 is 24.4 Å². The lowest BCUT2D eigenvalue weighted by atomic mass is 10.1. The molecular formula is C12H16N2OS2. The Bertz CT molecular complexity index is 423. The van der Waals surface area contributed by atoms with E-state index in [9.17, 15) is 4.79 Å². The van der Waals surface area contributed by atoms with Crippen molar-refractivity contribution in [2.75, 3.05) is 30.1 Å². The maximum atomic E-state index is 11.8. The van der Waals surface area contributed by atoms with Gasteiger partial charge in [0.15, 0.2) is 0 Å². The molecule has 0 fully saturated rings. The van der Waals surface area contributed by atoms with Crippen molar-refractivity contribution >= 4 is 36.0 Å². The number of nitrogens with one attached hydrogen (secondary N) is 1. The molecule has 0 atom stereocenters. The Morgan fingerprint density at radius 1 is 1.53 bits per heavy atom. The first-order chi connectivity index (χ1) is 8.26. The van der Waals surface area contributed by atoms with Gasteiger partial charge in [0.2, 0.25) is 5.91 Å². The summed E-state index contributed by atoms with van der Waals surface area (Å²) < 4.78 is 0. The average molecular weight is 268 g/mol. The summed E-state index contributed by atoms with van der Waals surface area (Å²) in [4.78, 5) is 14.7. The molecule has 1 aromatic carbocycles. The van der Waals surface area contributed by atoms with Crippen LogP contribution in [0.25, 0.3) is 0 Å². The van der Waals surface area contributed by atoms with Crippen LogP contribution in [0.3, 0.4) is 0 Å². The fourth-order valence-corrected chi connectivity index (χ4v) is 3.05. The molecule has 17 heavy (non-hydrogen) atoms. The number of hydrogen-bond acceptors (Lipinski definition) is 4. The third-order valence-electron chi connectivity index (χ3n) is 2.77. The second-order valence-corrected chi connectivity index (χ2v) is 5.21. The molecule has 1 N–H and O–H groups in total. The van der Waals surface area contributed by atoms with Gasteiger partial charge in [0.1, 0.15) is 0 Å². The van der Waals surface area contributed by atoms with Gasteiger partial charge in [-0.3, -0.25) is 4.79 Å². The number of nitrogens with zero attached hydrogens (tertiary/aromatic N) is 1. The highest BCUT2D eigenvalue weighted by molar-refractivity contribution is 8.00. The van der Waals surface area contributed by atoms with Crippen LogP contribution in [-0.2, 0) is 11.2 Å². The molecular weight excluding hydrogens is 252 g/mol. The summed E-state index contributed by atoms with van der Waals surface area (Å²) >= 11 is 5.84. The fraction of sp³-hybridized carbons (Fsp3) is 0.417. The molecule has 0 spiro atoms. The lowest BCUT2D eigenvalue weighted by Gasteiger charge is -2.27. The van der Waals surface area contributed by atoms with E-state index in [4.69, 9.17) is 0 Å². The second-order valence-electron chi connectivity index (χ2n) is 3.91. The number of likely N-dealkylation sites (N-methyl/N-ethyl adjacent to an activating group) is 1. The van der Waals surface area contributed by atoms with Crippen molar-refractivity contribution in [1.82, 2.24) is 5.32 Å². The van der Waals surface area contributed by atoms with Gasteiger partial charge in [-0.25, -0.2) is 0 Å². The summed E-state index contributed by atoms with van der Waals surface area (Å²) in [6.07, 6.45) is 0.975. The monoisotopic (exact) mass is 268 g/mol. The highest BCUT2D eigenvalue weighted by Crippen LogP contribution is 2.36. The number of benzene rings is 1. The van der Waals surface area contributed by atoms with Gasteiger partial charge < -0.3 is 10.2 Å². The summed E-state index contributed by atoms with van der Waals surface area (Å²) in [5.74, 6) is 1.11. The number of carbonyl (C=O) groups is 1. The summed E-state index contributed by atoms with van der Waals surface area (Å²) in [5.41, 5.74) is 2.26. The minimum absolute atomic E-state index is 0.142. The molecule has 5 heteroatoms. The Labute approximate surface area is 111 Å². The van der Waals surface area contributed by atoms with Crippen LogP contribution in [0, 0.1) is 0 Å². The zero-order chi connectivity index (χ0) is 12.3. The summed E-state index contributed by atoms with van der Waals surface area (Å²) in [7, 11) is 1.94. The van der Waals surface area contributed by atoms with Crippen LogP contribution in [0.15, 0.2) is 23.1 Å². The highest BCUT2D eigenvalue weighted by atomic mass is 32.2. The molecule has 1 heterocycles. The third-order valence-corrected chi connectivity index (χ3v) is 4.10. The number of carbonyl (C=O) groups excluding carboxylic acids is 1. The number of amides is 1. The van der Waals surface area contributed by atoms with E-state index < -0.39 is 0 Å². The first-order valence-electron chi connectivity index (χ1n) is 5.58. The highest BCUT2D eigenvalue weighted by Gasteiger charge is 2.23. The molecule has 0 bridgehead atoms. The van der Waals surface area contributed by atoms with Gasteiger partial charge in [-0.2, -0.15) is 12.6 Å². The molecule has 92 valence electrons. The van der Waals surface area contributed by atoms with E-state index in [0.717, 1.165) is 18.7 Å². The van der Waals surface area contributed by atoms with Crippen molar-refractivity contribution in [1.29, 1.82) is 0 Å². The molecule has 2 rings (SSSR count). The van der Waals surface area contributed by atoms with Crippen molar-refractivity contribution in [3.8, 4) is 0 Å². The number of anilines is 1. The molecule has 1 amide bonds. The maximum absolute atomic E-state index is 11.8. The minimum Gasteiger partial charge on any atom is -0.319 e. The number of thioether (sulfide) groups is 1. The van der Waals surface area contributed by atoms with Crippen LogP contribution in [-0.4, -0.2) is 31.1 Å². The van der Waals surface area contributed by atoms with Crippen LogP contribution < -0.4 is 10.2 Å². The Balaban J connectivity index is 2.28. The fourth-order valence-electron chi connectivity index (χ4n) is 1.83. The van der Waals surface area contributed by atoms with E-state index in [2.05, 4.69) is 36.1 Å². The summed E-state index contributed by atoms with van der Waals surface area (Å²) in [6.45, 7) is 0.945. The van der Waals surface area contributed by atoms with Gasteiger partial charge in [0, 0.05) is 4.90 Å². The Morgan fingerprint density at radius 2 is 2.35 bits per heavy atom. The van der Waals surface area contributed by atoms with Crippen molar-refractivity contribution < 1.29 is 4.79 Å². The molecule has 0 radical (unpaired) electrons. The molecule has 1 aliphatic heterocycles. The Kier molecular flexibility index (Phi) is 4.36. The van der Waals surface area contributed by atoms with Crippen LogP contribution in [0.1, 0.15) is 5.56 Å². The molecule has 0 aliphatic carbocycles. The minimum atomic E-state index is 0.142. The zero-order valence-corrected chi connectivity index (χ0v) is 11.5. The maximum Gasteiger partial charge on any atom is 0.238 e. The van der Waals surface area contributed by atoms with Gasteiger partial charge in [-0.1, -0.05) is 6.07 Å². The molecule has 0 saturated heterocycles. The normalized spacial score (nSPS) is 14.9. The van der Waals surface area contributed by atoms with Gasteiger partial charge >= 0.3 is 0 Å². The average Bonchev–Trinajstić information content (AvgIpc) is 2.36. The Morgan fingerprint density at radius 3 is 3.06 bits per heavy atom. The van der Waals surface area contributed by atoms with E-state index in [1.165, 1.54) is 10.5 Å². The SMILES string of the molecule is CNCCc1ccc2c(c1)N(CS)C(=O)CS2. The van der Waals surface area contributed by atoms with Gasteiger partial charge in [0.25, 0.3) is 0 Å². The van der Waals surface area contributed by atoms with Crippen molar-refractivity contribution in [3.05, 3.63) is 23.8 Å². The van der Waals surface area contributed by atoms with E-state index in [0.29, 0.717) is 11.6 Å². The molecule has 1 aliphatic rings. The zero-order valence-electron chi connectivity index (χ0n) is 9.77. The van der Waals surface area contributed by atoms with E-state index in [1.54, 1.807) is 16.7 Å². The quantitative estimate of drug-likeness (QED) is 0.817. The third kappa shape index (κ3) is 2.78. The van der Waals surface area contributed by atoms with Gasteiger partial charge in [0.05, 0.1) is 17.3 Å². The van der Waals surface area contributed by atoms with Crippen molar-refractivity contribution in [3.63, 3.8) is 0 Å². The molecule has 0 saturated carbocycles. The number of rotatable bonds is 4. The molecule has 0 aromatic heterocycles. The predicted molar refractivity (Wildman–Crippen MR) is 76.1 cm³/mol. The lowest BCUT2D eigenvalue weighted by molar-refractivity contribution is -0.116. The standard InChI is InChI=1S/C12H16N2OS2/c1-13-5-4-9-2-3-11-10(6-9)14(8-16)12(15)7-17-11/h2-3,6,13,16H,4-5,7-8H2,1H3. The first kappa shape index (κ1) is 12.8. The number of thiol groups is 1. The van der Waals surface area contributed by atoms with E-state index in [-0.39, 0.29) is 5.91 Å². The van der Waals surface area contributed by atoms with Crippen molar-refractivity contribution in [2.24, 2.45) is 0 Å². The van der Waals surface area contributed by atoms with Crippen molar-refractivity contribution in [2.45, 2.75) is 11.3 Å². The van der Waals surface area contributed by atoms with Gasteiger partial charge in [-0.15, -0.1) is 11.8 Å². The summed E-state index contributed by atoms with van der Waals surface area (Å²) in [5, 5.41) is 3.13. The van der Waals surface area contributed by atoms with Crippen LogP contribution in [0.2, 0.25) is 0 Å². The largest absolute Gasteiger partial charge is 0.319 e. The second kappa shape index (κ2) is 5.80. The predicted octanol–water partition coefficient (Wildman–Crippen LogP) is 1.77. The van der Waals surface area contributed by atoms with Crippen LogP contribution in [0.4, 0.5) is 5.69 Å². The smallest absolute Gasteiger partial charge is 0.238 e. The van der Waals surface area contributed by atoms with E-state index in [1.807, 2.05) is 7.05 Å². The topological polar surface area (TPSA) is 32.3 Å². The first-order valence-corrected chi connectivity index (χ1v) is 7.19. The van der Waals surface area contributed by atoms with Crippen LogP contribution in [0.5, 0.6) is 0 Å². The summed E-state index contributed by atoms with van der Waals surface area (Å²) in [6, 6.07) is 6.34. The van der Waals surface area contributed by atoms with Gasteiger partial charge in [-0.05, 0) is 37.7 Å².